The second-order valence-corrected chi connectivity index (χ2v) is 12.4. The molecule has 0 spiro atoms. The minimum absolute atomic E-state index is 0.00234. The molecule has 0 aliphatic rings. The van der Waals surface area contributed by atoms with Gasteiger partial charge in [-0.1, -0.05) is 73.4 Å². The molecule has 2 amide bonds. The van der Waals surface area contributed by atoms with Gasteiger partial charge in [0.15, 0.2) is 0 Å². The Balaban J connectivity index is 2.09. The number of carbonyl (C=O) groups is 2. The molecular weight excluding hydrogens is 585 g/mol. The van der Waals surface area contributed by atoms with Crippen molar-refractivity contribution < 1.29 is 22.7 Å². The fourth-order valence-corrected chi connectivity index (χ4v) is 6.03. The Bertz CT molecular complexity index is 1430. The number of carbonyl (C=O) groups excluding carboxylic acids is 2. The molecular formula is C30H35Cl2N3O5S. The third-order valence-electron chi connectivity index (χ3n) is 6.29. The van der Waals surface area contributed by atoms with Crippen LogP contribution < -0.4 is 14.4 Å². The molecule has 1 atom stereocenters. The molecule has 0 unspecified atom stereocenters. The SMILES string of the molecule is CCOc1ccccc1N(CC(=O)N(Cc1c(Cl)cccc1Cl)[C@H](C)C(=O)NCC(C)C)S(=O)(=O)c1ccccc1. The third-order valence-corrected chi connectivity index (χ3v) is 8.77. The van der Waals surface area contributed by atoms with Gasteiger partial charge in [0.2, 0.25) is 11.8 Å². The zero-order valence-electron chi connectivity index (χ0n) is 23.5. The van der Waals surface area contributed by atoms with Gasteiger partial charge in [0.1, 0.15) is 18.3 Å². The molecule has 8 nitrogen and oxygen atoms in total. The van der Waals surface area contributed by atoms with E-state index in [9.17, 15) is 18.0 Å². The predicted molar refractivity (Wildman–Crippen MR) is 163 cm³/mol. The number of hydrogen-bond acceptors (Lipinski definition) is 5. The highest BCUT2D eigenvalue weighted by Crippen LogP contribution is 2.33. The average molecular weight is 621 g/mol. The summed E-state index contributed by atoms with van der Waals surface area (Å²) in [5, 5.41) is 3.49. The molecule has 0 aliphatic carbocycles. The lowest BCUT2D eigenvalue weighted by Crippen LogP contribution is -2.51. The van der Waals surface area contributed by atoms with Crippen LogP contribution in [0.1, 0.15) is 33.3 Å². The van der Waals surface area contributed by atoms with Crippen LogP contribution in [-0.2, 0) is 26.2 Å². The number of benzene rings is 3. The monoisotopic (exact) mass is 619 g/mol. The standard InChI is InChI=1S/C30H35Cl2N3O5S/c1-5-40-28-17-10-9-16-27(28)35(41(38,39)23-12-7-6-8-13-23)20-29(36)34(22(4)30(37)33-18-21(2)3)19-24-25(31)14-11-15-26(24)32/h6-17,21-22H,5,18-20H2,1-4H3,(H,33,37)/t22-/m1/s1. The van der Waals surface area contributed by atoms with Crippen LogP contribution in [0.3, 0.4) is 0 Å². The Kier molecular flexibility index (Phi) is 11.5. The van der Waals surface area contributed by atoms with Crippen molar-refractivity contribution in [3.8, 4) is 5.75 Å². The lowest BCUT2D eigenvalue weighted by Gasteiger charge is -2.33. The second kappa shape index (κ2) is 14.6. The lowest BCUT2D eigenvalue weighted by atomic mass is 10.1. The van der Waals surface area contributed by atoms with Crippen LogP contribution in [0.5, 0.6) is 5.75 Å². The van der Waals surface area contributed by atoms with Gasteiger partial charge < -0.3 is 15.0 Å². The van der Waals surface area contributed by atoms with Crippen molar-refractivity contribution in [1.29, 1.82) is 0 Å². The largest absolute Gasteiger partial charge is 0.492 e. The number of sulfonamides is 1. The Morgan fingerprint density at radius 3 is 2.12 bits per heavy atom. The highest BCUT2D eigenvalue weighted by molar-refractivity contribution is 7.92. The summed E-state index contributed by atoms with van der Waals surface area (Å²) in [6.45, 7) is 7.26. The van der Waals surface area contributed by atoms with Crippen LogP contribution in [-0.4, -0.2) is 50.9 Å². The van der Waals surface area contributed by atoms with Gasteiger partial charge in [0, 0.05) is 28.7 Å². The van der Waals surface area contributed by atoms with Gasteiger partial charge in [-0.3, -0.25) is 13.9 Å². The Labute approximate surface area is 252 Å². The van der Waals surface area contributed by atoms with E-state index in [4.69, 9.17) is 27.9 Å². The molecule has 3 rings (SSSR count). The van der Waals surface area contributed by atoms with Gasteiger partial charge >= 0.3 is 0 Å². The summed E-state index contributed by atoms with van der Waals surface area (Å²) in [7, 11) is -4.23. The fourth-order valence-electron chi connectivity index (χ4n) is 4.06. The molecule has 1 N–H and O–H groups in total. The van der Waals surface area contributed by atoms with E-state index in [1.54, 1.807) is 74.5 Å². The summed E-state index contributed by atoms with van der Waals surface area (Å²) in [5.74, 6) is -0.526. The van der Waals surface area contributed by atoms with E-state index in [1.165, 1.54) is 17.0 Å². The van der Waals surface area contributed by atoms with Crippen LogP contribution in [0.4, 0.5) is 5.69 Å². The quantitative estimate of drug-likeness (QED) is 0.262. The predicted octanol–water partition coefficient (Wildman–Crippen LogP) is 5.78. The Hall–Kier alpha value is -3.27. The minimum atomic E-state index is -4.23. The molecule has 41 heavy (non-hydrogen) atoms. The number of rotatable bonds is 13. The highest BCUT2D eigenvalue weighted by Gasteiger charge is 2.34. The molecule has 0 aliphatic heterocycles. The Morgan fingerprint density at radius 1 is 0.902 bits per heavy atom. The van der Waals surface area contributed by atoms with Crippen molar-refractivity contribution in [2.24, 2.45) is 5.92 Å². The van der Waals surface area contributed by atoms with Crippen molar-refractivity contribution in [2.75, 3.05) is 24.0 Å². The van der Waals surface area contributed by atoms with E-state index in [1.807, 2.05) is 13.8 Å². The lowest BCUT2D eigenvalue weighted by molar-refractivity contribution is -0.139. The van der Waals surface area contributed by atoms with E-state index in [0.29, 0.717) is 27.9 Å². The number of hydrogen-bond donors (Lipinski definition) is 1. The number of nitrogens with zero attached hydrogens (tertiary/aromatic N) is 2. The number of nitrogens with one attached hydrogen (secondary N) is 1. The zero-order chi connectivity index (χ0) is 30.2. The van der Waals surface area contributed by atoms with E-state index < -0.39 is 28.5 Å². The molecule has 3 aromatic carbocycles. The highest BCUT2D eigenvalue weighted by atomic mass is 35.5. The van der Waals surface area contributed by atoms with Crippen molar-refractivity contribution >= 4 is 50.7 Å². The van der Waals surface area contributed by atoms with Gasteiger partial charge in [-0.25, -0.2) is 8.42 Å². The summed E-state index contributed by atoms with van der Waals surface area (Å²) in [5.41, 5.74) is 0.638. The van der Waals surface area contributed by atoms with Crippen molar-refractivity contribution in [3.05, 3.63) is 88.4 Å². The van der Waals surface area contributed by atoms with E-state index in [2.05, 4.69) is 5.32 Å². The molecule has 0 bridgehead atoms. The molecule has 11 heteroatoms. The van der Waals surface area contributed by atoms with Gasteiger partial charge in [-0.05, 0) is 56.2 Å². The Morgan fingerprint density at radius 2 is 1.51 bits per heavy atom. The van der Waals surface area contributed by atoms with Crippen LogP contribution in [0.25, 0.3) is 0 Å². The minimum Gasteiger partial charge on any atom is -0.492 e. The maximum absolute atomic E-state index is 14.1. The maximum Gasteiger partial charge on any atom is 0.264 e. The summed E-state index contributed by atoms with van der Waals surface area (Å²) >= 11 is 12.9. The molecule has 0 radical (unpaired) electrons. The van der Waals surface area contributed by atoms with Gasteiger partial charge in [-0.2, -0.15) is 0 Å². The molecule has 0 fully saturated rings. The van der Waals surface area contributed by atoms with Crippen LogP contribution in [0, 0.1) is 5.92 Å². The van der Waals surface area contributed by atoms with E-state index in [-0.39, 0.29) is 35.6 Å². The number of ether oxygens (including phenoxy) is 1. The number of halogens is 2. The summed E-state index contributed by atoms with van der Waals surface area (Å²) in [6, 6.07) is 18.4. The van der Waals surface area contributed by atoms with Crippen LogP contribution in [0.2, 0.25) is 10.0 Å². The number of amides is 2. The normalized spacial score (nSPS) is 12.1. The topological polar surface area (TPSA) is 96.0 Å². The van der Waals surface area contributed by atoms with Crippen molar-refractivity contribution in [1.82, 2.24) is 10.2 Å². The molecule has 0 saturated heterocycles. The first-order valence-corrected chi connectivity index (χ1v) is 15.5. The number of para-hydroxylation sites is 2. The molecule has 3 aromatic rings. The van der Waals surface area contributed by atoms with Gasteiger partial charge in [0.05, 0.1) is 17.2 Å². The molecule has 0 saturated carbocycles. The first-order valence-electron chi connectivity index (χ1n) is 13.3. The smallest absolute Gasteiger partial charge is 0.264 e. The first-order chi connectivity index (χ1) is 19.5. The van der Waals surface area contributed by atoms with Crippen molar-refractivity contribution in [2.45, 2.75) is 45.2 Å². The molecule has 220 valence electrons. The van der Waals surface area contributed by atoms with E-state index in [0.717, 1.165) is 4.31 Å². The fraction of sp³-hybridized carbons (Fsp3) is 0.333. The third kappa shape index (κ3) is 8.15. The van der Waals surface area contributed by atoms with E-state index >= 15 is 0 Å². The number of anilines is 1. The zero-order valence-corrected chi connectivity index (χ0v) is 25.8. The first kappa shape index (κ1) is 32.2. The van der Waals surface area contributed by atoms with Crippen LogP contribution >= 0.6 is 23.2 Å². The average Bonchev–Trinajstić information content (AvgIpc) is 2.95. The van der Waals surface area contributed by atoms with Crippen molar-refractivity contribution in [3.63, 3.8) is 0 Å². The molecule has 0 heterocycles. The summed E-state index contributed by atoms with van der Waals surface area (Å²) in [6.07, 6.45) is 0. The summed E-state index contributed by atoms with van der Waals surface area (Å²) in [4.78, 5) is 28.5. The van der Waals surface area contributed by atoms with Gasteiger partial charge in [-0.15, -0.1) is 0 Å². The molecule has 0 aromatic heterocycles. The van der Waals surface area contributed by atoms with Gasteiger partial charge in [0.25, 0.3) is 10.0 Å². The second-order valence-electron chi connectivity index (χ2n) is 9.76. The van der Waals surface area contributed by atoms with Crippen LogP contribution in [0.15, 0.2) is 77.7 Å². The summed E-state index contributed by atoms with van der Waals surface area (Å²) < 4.78 is 34.7. The maximum atomic E-state index is 14.1.